The van der Waals surface area contributed by atoms with Crippen molar-refractivity contribution in [2.45, 2.75) is 70.8 Å². The first kappa shape index (κ1) is 18.7. The Morgan fingerprint density at radius 1 is 1.00 bits per heavy atom. The van der Waals surface area contributed by atoms with E-state index in [0.29, 0.717) is 12.1 Å². The number of rotatable bonds is 12. The second kappa shape index (κ2) is 12.2. The van der Waals surface area contributed by atoms with Gasteiger partial charge in [-0.2, -0.15) is 0 Å². The topological polar surface area (TPSA) is 55.1 Å². The predicted molar refractivity (Wildman–Crippen MR) is 94.0 cm³/mol. The summed E-state index contributed by atoms with van der Waals surface area (Å²) < 4.78 is 0. The third kappa shape index (κ3) is 8.83. The number of unbranched alkanes of at least 4 members (excludes halogenated alkanes) is 7. The summed E-state index contributed by atoms with van der Waals surface area (Å²) in [4.78, 5) is 11.9. The largest absolute Gasteiger partial charge is 0.350 e. The predicted octanol–water partition coefficient (Wildman–Crippen LogP) is 4.27. The molecule has 1 unspecified atom stereocenters. The monoisotopic (exact) mass is 304 g/mol. The van der Waals surface area contributed by atoms with E-state index >= 15 is 0 Å². The van der Waals surface area contributed by atoms with Gasteiger partial charge in [0.15, 0.2) is 0 Å². The summed E-state index contributed by atoms with van der Waals surface area (Å²) in [6, 6.07) is 9.35. The second-order valence-electron chi connectivity index (χ2n) is 6.10. The van der Waals surface area contributed by atoms with Gasteiger partial charge in [0.2, 0.25) is 0 Å². The molecule has 3 nitrogen and oxygen atoms in total. The number of amides is 1. The van der Waals surface area contributed by atoms with E-state index in [1.807, 2.05) is 30.3 Å². The normalized spacial score (nSPS) is 12.1. The molecular formula is C19H32N2O. The molecule has 0 heterocycles. The Bertz CT molecular complexity index is 392. The van der Waals surface area contributed by atoms with Crippen LogP contribution in [-0.4, -0.2) is 18.5 Å². The fourth-order valence-corrected chi connectivity index (χ4v) is 2.56. The zero-order chi connectivity index (χ0) is 16.0. The van der Waals surface area contributed by atoms with Crippen LogP contribution >= 0.6 is 0 Å². The number of carbonyl (C=O) groups excluding carboxylic acids is 1. The Hall–Kier alpha value is -1.35. The van der Waals surface area contributed by atoms with Gasteiger partial charge in [0.05, 0.1) is 0 Å². The van der Waals surface area contributed by atoms with Crippen molar-refractivity contribution < 1.29 is 4.79 Å². The third-order valence-electron chi connectivity index (χ3n) is 3.99. The summed E-state index contributed by atoms with van der Waals surface area (Å²) in [5.74, 6) is -0.0352. The number of carbonyl (C=O) groups is 1. The third-order valence-corrected chi connectivity index (χ3v) is 3.99. The Kier molecular flexibility index (Phi) is 10.4. The van der Waals surface area contributed by atoms with Crippen LogP contribution in [0.4, 0.5) is 0 Å². The number of benzene rings is 1. The minimum atomic E-state index is -0.0352. The van der Waals surface area contributed by atoms with Crippen LogP contribution in [0.15, 0.2) is 30.3 Å². The molecule has 0 fully saturated rings. The summed E-state index contributed by atoms with van der Waals surface area (Å²) in [7, 11) is 0. The molecule has 0 aliphatic heterocycles. The fourth-order valence-electron chi connectivity index (χ4n) is 2.56. The van der Waals surface area contributed by atoms with Crippen LogP contribution < -0.4 is 11.1 Å². The van der Waals surface area contributed by atoms with Crippen molar-refractivity contribution in [1.29, 1.82) is 0 Å². The van der Waals surface area contributed by atoms with Crippen LogP contribution in [0.1, 0.15) is 75.1 Å². The van der Waals surface area contributed by atoms with Gasteiger partial charge in [-0.1, -0.05) is 76.5 Å². The Balaban J connectivity index is 1.99. The molecule has 1 amide bonds. The maximum atomic E-state index is 11.9. The van der Waals surface area contributed by atoms with E-state index < -0.39 is 0 Å². The molecule has 0 aliphatic carbocycles. The number of hydrogen-bond acceptors (Lipinski definition) is 2. The van der Waals surface area contributed by atoms with Crippen LogP contribution in [0.2, 0.25) is 0 Å². The number of hydrogen-bond donors (Lipinski definition) is 2. The lowest BCUT2D eigenvalue weighted by molar-refractivity contribution is 0.0950. The van der Waals surface area contributed by atoms with Crippen molar-refractivity contribution in [3.63, 3.8) is 0 Å². The van der Waals surface area contributed by atoms with E-state index in [0.717, 1.165) is 12.8 Å². The minimum Gasteiger partial charge on any atom is -0.350 e. The molecule has 0 saturated carbocycles. The van der Waals surface area contributed by atoms with Gasteiger partial charge in [0.1, 0.15) is 0 Å². The molecule has 0 radical (unpaired) electrons. The zero-order valence-electron chi connectivity index (χ0n) is 14.0. The molecule has 1 aromatic carbocycles. The van der Waals surface area contributed by atoms with Crippen molar-refractivity contribution in [1.82, 2.24) is 5.32 Å². The highest BCUT2D eigenvalue weighted by molar-refractivity contribution is 5.94. The standard InChI is InChI=1S/C19H32N2O/c1-2-3-4-5-6-7-8-12-15-18(20)16-21-19(22)17-13-10-9-11-14-17/h9-11,13-14,18H,2-8,12,15-16,20H2,1H3,(H,21,22). The lowest BCUT2D eigenvalue weighted by Crippen LogP contribution is -2.37. The summed E-state index contributed by atoms with van der Waals surface area (Å²) in [5, 5.41) is 2.91. The SMILES string of the molecule is CCCCCCCCCCC(N)CNC(=O)c1ccccc1. The molecule has 1 rings (SSSR count). The molecule has 3 heteroatoms. The van der Waals surface area contributed by atoms with Crippen LogP contribution in [0.5, 0.6) is 0 Å². The smallest absolute Gasteiger partial charge is 0.251 e. The van der Waals surface area contributed by atoms with Gasteiger partial charge in [0, 0.05) is 18.2 Å². The van der Waals surface area contributed by atoms with E-state index in [2.05, 4.69) is 12.2 Å². The Labute approximate surface area is 135 Å². The summed E-state index contributed by atoms with van der Waals surface area (Å²) >= 11 is 0. The van der Waals surface area contributed by atoms with Crippen molar-refractivity contribution in [2.75, 3.05) is 6.54 Å². The van der Waals surface area contributed by atoms with E-state index in [9.17, 15) is 4.79 Å². The summed E-state index contributed by atoms with van der Waals surface area (Å²) in [6.07, 6.45) is 11.5. The number of nitrogens with two attached hydrogens (primary N) is 1. The van der Waals surface area contributed by atoms with Crippen LogP contribution in [0.3, 0.4) is 0 Å². The molecule has 0 saturated heterocycles. The molecule has 1 atom stereocenters. The van der Waals surface area contributed by atoms with Gasteiger partial charge < -0.3 is 11.1 Å². The highest BCUT2D eigenvalue weighted by Gasteiger charge is 2.07. The van der Waals surface area contributed by atoms with Crippen molar-refractivity contribution in [2.24, 2.45) is 5.73 Å². The molecule has 0 bridgehead atoms. The average Bonchev–Trinajstić information content (AvgIpc) is 2.56. The van der Waals surface area contributed by atoms with Crippen molar-refractivity contribution >= 4 is 5.91 Å². The van der Waals surface area contributed by atoms with Gasteiger partial charge in [0.25, 0.3) is 5.91 Å². The highest BCUT2D eigenvalue weighted by atomic mass is 16.1. The number of nitrogens with one attached hydrogen (secondary N) is 1. The fraction of sp³-hybridized carbons (Fsp3) is 0.632. The van der Waals surface area contributed by atoms with Crippen molar-refractivity contribution in [3.8, 4) is 0 Å². The van der Waals surface area contributed by atoms with Crippen LogP contribution in [0.25, 0.3) is 0 Å². The van der Waals surface area contributed by atoms with Gasteiger partial charge in [-0.15, -0.1) is 0 Å². The summed E-state index contributed by atoms with van der Waals surface area (Å²) in [5.41, 5.74) is 6.76. The molecule has 124 valence electrons. The van der Waals surface area contributed by atoms with E-state index in [1.165, 1.54) is 44.9 Å². The van der Waals surface area contributed by atoms with Crippen molar-refractivity contribution in [3.05, 3.63) is 35.9 Å². The van der Waals surface area contributed by atoms with Crippen LogP contribution in [0, 0.1) is 0 Å². The van der Waals surface area contributed by atoms with E-state index in [-0.39, 0.29) is 11.9 Å². The lowest BCUT2D eigenvalue weighted by atomic mass is 10.0. The molecule has 3 N–H and O–H groups in total. The van der Waals surface area contributed by atoms with Gasteiger partial charge >= 0.3 is 0 Å². The molecule has 0 aromatic heterocycles. The van der Waals surface area contributed by atoms with Gasteiger partial charge in [-0.05, 0) is 18.6 Å². The molecule has 0 spiro atoms. The van der Waals surface area contributed by atoms with E-state index in [4.69, 9.17) is 5.73 Å². The first-order valence-corrected chi connectivity index (χ1v) is 8.83. The lowest BCUT2D eigenvalue weighted by Gasteiger charge is -2.12. The van der Waals surface area contributed by atoms with Gasteiger partial charge in [-0.3, -0.25) is 4.79 Å². The first-order chi connectivity index (χ1) is 10.7. The summed E-state index contributed by atoms with van der Waals surface area (Å²) in [6.45, 7) is 2.81. The van der Waals surface area contributed by atoms with E-state index in [1.54, 1.807) is 0 Å². The zero-order valence-corrected chi connectivity index (χ0v) is 14.0. The maximum Gasteiger partial charge on any atom is 0.251 e. The average molecular weight is 304 g/mol. The molecule has 0 aliphatic rings. The molecule has 22 heavy (non-hydrogen) atoms. The Morgan fingerprint density at radius 2 is 1.59 bits per heavy atom. The highest BCUT2D eigenvalue weighted by Crippen LogP contribution is 2.10. The van der Waals surface area contributed by atoms with Gasteiger partial charge in [-0.25, -0.2) is 0 Å². The molecule has 1 aromatic rings. The first-order valence-electron chi connectivity index (χ1n) is 8.83. The quantitative estimate of drug-likeness (QED) is 0.566. The maximum absolute atomic E-state index is 11.9. The Morgan fingerprint density at radius 3 is 2.23 bits per heavy atom. The molecular weight excluding hydrogens is 272 g/mol. The van der Waals surface area contributed by atoms with Crippen LogP contribution in [-0.2, 0) is 0 Å². The second-order valence-corrected chi connectivity index (χ2v) is 6.10. The minimum absolute atomic E-state index is 0.0352.